The van der Waals surface area contributed by atoms with Crippen molar-refractivity contribution >= 4 is 21.7 Å². The van der Waals surface area contributed by atoms with Gasteiger partial charge in [0.15, 0.2) is 5.82 Å². The Bertz CT molecular complexity index is 1860. The van der Waals surface area contributed by atoms with Gasteiger partial charge in [0.05, 0.1) is 34.0 Å². The van der Waals surface area contributed by atoms with Gasteiger partial charge < -0.3 is 0 Å². The lowest BCUT2D eigenvalue weighted by atomic mass is 10.0. The molecule has 178 valence electrons. The average molecular weight is 488 g/mol. The van der Waals surface area contributed by atoms with Gasteiger partial charge in [-0.05, 0) is 59.3 Å². The first-order chi connectivity index (χ1) is 18.8. The number of hydrogen-bond donors (Lipinski definition) is 0. The van der Waals surface area contributed by atoms with Crippen molar-refractivity contribution in [1.82, 2.24) is 24.9 Å². The second-order valence-corrected chi connectivity index (χ2v) is 9.03. The SMILES string of the molecule is c1ccc(-c2cc(-c3nc(-c4ccc5ccccc5c4)nc4ccccc34)cc(-c3ccccn3)n2)nc1. The summed E-state index contributed by atoms with van der Waals surface area (Å²) >= 11 is 0. The van der Waals surface area contributed by atoms with Crippen LogP contribution in [0.3, 0.4) is 0 Å². The maximum absolute atomic E-state index is 5.14. The Balaban J connectivity index is 1.48. The lowest BCUT2D eigenvalue weighted by Gasteiger charge is -2.12. The van der Waals surface area contributed by atoms with E-state index in [0.29, 0.717) is 5.82 Å². The highest BCUT2D eigenvalue weighted by Crippen LogP contribution is 2.33. The minimum absolute atomic E-state index is 0.681. The lowest BCUT2D eigenvalue weighted by molar-refractivity contribution is 1.20. The van der Waals surface area contributed by atoms with Crippen LogP contribution in [0, 0.1) is 0 Å². The molecule has 0 fully saturated rings. The third-order valence-corrected chi connectivity index (χ3v) is 6.56. The van der Waals surface area contributed by atoms with Crippen LogP contribution in [-0.4, -0.2) is 24.9 Å². The molecular formula is C33H21N5. The molecule has 7 aromatic rings. The number of hydrogen-bond acceptors (Lipinski definition) is 5. The molecule has 5 nitrogen and oxygen atoms in total. The van der Waals surface area contributed by atoms with Gasteiger partial charge in [0.2, 0.25) is 0 Å². The van der Waals surface area contributed by atoms with Gasteiger partial charge >= 0.3 is 0 Å². The van der Waals surface area contributed by atoms with Gasteiger partial charge in [0.25, 0.3) is 0 Å². The number of fused-ring (bicyclic) bond motifs is 2. The standard InChI is InChI=1S/C33H21N5/c1-2-10-23-19-24(16-15-22(23)9-1)33-37-27-12-4-3-11-26(27)32(38-33)25-20-30(28-13-5-7-17-34-28)36-31(21-25)29-14-6-8-18-35-29/h1-21H. The Hall–Kier alpha value is -5.29. The van der Waals surface area contributed by atoms with Crippen LogP contribution in [0.5, 0.6) is 0 Å². The fourth-order valence-electron chi connectivity index (χ4n) is 4.71. The predicted octanol–water partition coefficient (Wildman–Crippen LogP) is 7.64. The molecule has 0 spiro atoms. The second-order valence-electron chi connectivity index (χ2n) is 9.03. The van der Waals surface area contributed by atoms with Crippen LogP contribution in [0.25, 0.3) is 67.1 Å². The Morgan fingerprint density at radius 1 is 0.421 bits per heavy atom. The minimum atomic E-state index is 0.681. The largest absolute Gasteiger partial charge is 0.255 e. The molecule has 5 heteroatoms. The van der Waals surface area contributed by atoms with Crippen LogP contribution >= 0.6 is 0 Å². The summed E-state index contributed by atoms with van der Waals surface area (Å²) in [6, 6.07) is 38.6. The van der Waals surface area contributed by atoms with Crippen molar-refractivity contribution in [3.63, 3.8) is 0 Å². The van der Waals surface area contributed by atoms with E-state index in [4.69, 9.17) is 15.0 Å². The average Bonchev–Trinajstić information content (AvgIpc) is 3.01. The third kappa shape index (κ3) is 4.06. The molecular weight excluding hydrogens is 466 g/mol. The van der Waals surface area contributed by atoms with Gasteiger partial charge in [-0.15, -0.1) is 0 Å². The summed E-state index contributed by atoms with van der Waals surface area (Å²) in [4.78, 5) is 24.1. The first-order valence-corrected chi connectivity index (χ1v) is 12.4. The summed E-state index contributed by atoms with van der Waals surface area (Å²) in [6.45, 7) is 0. The van der Waals surface area contributed by atoms with Crippen LogP contribution in [-0.2, 0) is 0 Å². The fourth-order valence-corrected chi connectivity index (χ4v) is 4.71. The van der Waals surface area contributed by atoms with E-state index in [0.717, 1.165) is 55.9 Å². The van der Waals surface area contributed by atoms with Gasteiger partial charge in [-0.2, -0.15) is 0 Å². The monoisotopic (exact) mass is 487 g/mol. The van der Waals surface area contributed by atoms with Crippen LogP contribution < -0.4 is 0 Å². The second kappa shape index (κ2) is 9.30. The summed E-state index contributed by atoms with van der Waals surface area (Å²) in [5.74, 6) is 0.681. The van der Waals surface area contributed by atoms with E-state index in [1.54, 1.807) is 12.4 Å². The van der Waals surface area contributed by atoms with Crippen molar-refractivity contribution in [1.29, 1.82) is 0 Å². The third-order valence-electron chi connectivity index (χ3n) is 6.56. The molecule has 0 amide bonds. The number of rotatable bonds is 4. The van der Waals surface area contributed by atoms with Gasteiger partial charge in [-0.25, -0.2) is 15.0 Å². The van der Waals surface area contributed by atoms with Crippen molar-refractivity contribution in [3.8, 4) is 45.4 Å². The molecule has 0 unspecified atom stereocenters. The molecule has 0 aliphatic rings. The molecule has 0 aliphatic heterocycles. The first-order valence-electron chi connectivity index (χ1n) is 12.4. The molecule has 0 bridgehead atoms. The molecule has 4 heterocycles. The molecule has 0 atom stereocenters. The molecule has 0 aliphatic carbocycles. The van der Waals surface area contributed by atoms with Crippen molar-refractivity contribution in [3.05, 3.63) is 128 Å². The maximum Gasteiger partial charge on any atom is 0.160 e. The maximum atomic E-state index is 5.14. The minimum Gasteiger partial charge on any atom is -0.255 e. The van der Waals surface area contributed by atoms with Crippen molar-refractivity contribution < 1.29 is 0 Å². The summed E-state index contributed by atoms with van der Waals surface area (Å²) in [5, 5.41) is 3.32. The summed E-state index contributed by atoms with van der Waals surface area (Å²) in [5.41, 5.74) is 6.74. The van der Waals surface area contributed by atoms with Crippen molar-refractivity contribution in [2.45, 2.75) is 0 Å². The molecule has 7 rings (SSSR count). The fraction of sp³-hybridized carbons (Fsp3) is 0. The molecule has 38 heavy (non-hydrogen) atoms. The normalized spacial score (nSPS) is 11.2. The Kier molecular flexibility index (Phi) is 5.37. The Labute approximate surface area is 219 Å². The predicted molar refractivity (Wildman–Crippen MR) is 152 cm³/mol. The number of aromatic nitrogens is 5. The van der Waals surface area contributed by atoms with E-state index in [-0.39, 0.29) is 0 Å². The van der Waals surface area contributed by atoms with Crippen LogP contribution in [0.4, 0.5) is 0 Å². The van der Waals surface area contributed by atoms with Gasteiger partial charge in [-0.3, -0.25) is 9.97 Å². The van der Waals surface area contributed by atoms with E-state index in [1.807, 2.05) is 72.8 Å². The van der Waals surface area contributed by atoms with E-state index in [1.165, 1.54) is 5.39 Å². The lowest BCUT2D eigenvalue weighted by Crippen LogP contribution is -1.98. The zero-order valence-electron chi connectivity index (χ0n) is 20.4. The number of para-hydroxylation sites is 1. The first kappa shape index (κ1) is 21.9. The van der Waals surface area contributed by atoms with Crippen LogP contribution in [0.2, 0.25) is 0 Å². The zero-order chi connectivity index (χ0) is 25.3. The van der Waals surface area contributed by atoms with Gasteiger partial charge in [-0.1, -0.05) is 66.7 Å². The molecule has 4 aromatic heterocycles. The van der Waals surface area contributed by atoms with Crippen molar-refractivity contribution in [2.24, 2.45) is 0 Å². The number of pyridine rings is 3. The number of nitrogens with zero attached hydrogens (tertiary/aromatic N) is 5. The highest BCUT2D eigenvalue weighted by molar-refractivity contribution is 5.95. The highest BCUT2D eigenvalue weighted by atomic mass is 14.9. The van der Waals surface area contributed by atoms with E-state index in [2.05, 4.69) is 52.4 Å². The molecule has 0 saturated carbocycles. The summed E-state index contributed by atoms with van der Waals surface area (Å²) < 4.78 is 0. The van der Waals surface area contributed by atoms with Crippen LogP contribution in [0.1, 0.15) is 0 Å². The zero-order valence-corrected chi connectivity index (χ0v) is 20.4. The van der Waals surface area contributed by atoms with E-state index < -0.39 is 0 Å². The molecule has 0 saturated heterocycles. The molecule has 3 aromatic carbocycles. The molecule has 0 radical (unpaired) electrons. The molecule has 0 N–H and O–H groups in total. The Morgan fingerprint density at radius 2 is 1.08 bits per heavy atom. The van der Waals surface area contributed by atoms with E-state index >= 15 is 0 Å². The van der Waals surface area contributed by atoms with Crippen molar-refractivity contribution in [2.75, 3.05) is 0 Å². The highest BCUT2D eigenvalue weighted by Gasteiger charge is 2.16. The van der Waals surface area contributed by atoms with Gasteiger partial charge in [0, 0.05) is 28.9 Å². The van der Waals surface area contributed by atoms with Crippen LogP contribution in [0.15, 0.2) is 128 Å². The number of benzene rings is 3. The van der Waals surface area contributed by atoms with Gasteiger partial charge in [0.1, 0.15) is 0 Å². The Morgan fingerprint density at radius 3 is 1.79 bits per heavy atom. The summed E-state index contributed by atoms with van der Waals surface area (Å²) in [7, 11) is 0. The topological polar surface area (TPSA) is 64.5 Å². The smallest absolute Gasteiger partial charge is 0.160 e. The van der Waals surface area contributed by atoms with E-state index in [9.17, 15) is 0 Å². The summed E-state index contributed by atoms with van der Waals surface area (Å²) in [6.07, 6.45) is 3.56. The quantitative estimate of drug-likeness (QED) is 0.255.